The number of hydrogen-bond acceptors (Lipinski definition) is 7. The van der Waals surface area contributed by atoms with E-state index < -0.39 is 39.6 Å². The van der Waals surface area contributed by atoms with Crippen molar-refractivity contribution < 1.29 is 50.1 Å². The van der Waals surface area contributed by atoms with Gasteiger partial charge in [0.2, 0.25) is 0 Å². The van der Waals surface area contributed by atoms with E-state index in [0.29, 0.717) is 19.1 Å². The molecule has 1 saturated carbocycles. The molecule has 3 rings (SSSR count). The predicted octanol–water partition coefficient (Wildman–Crippen LogP) is 2.58. The molecule has 1 amide bonds. The highest BCUT2D eigenvalue weighted by atomic mass is 35.5. The van der Waals surface area contributed by atoms with Crippen LogP contribution in [0.15, 0.2) is 12.1 Å². The Labute approximate surface area is 216 Å². The summed E-state index contributed by atoms with van der Waals surface area (Å²) in [6.45, 7) is 1.28. The Morgan fingerprint density at radius 3 is 2.46 bits per heavy atom. The summed E-state index contributed by atoms with van der Waals surface area (Å²) in [4.78, 5) is 21.4. The molecule has 0 bridgehead atoms. The van der Waals surface area contributed by atoms with E-state index in [9.17, 15) is 30.8 Å². The fraction of sp³-hybridized carbons (Fsp3) is 0.619. The number of carbonyl (C=O) groups excluding carboxylic acids is 1. The number of aliphatic carboxylic acids is 1. The lowest BCUT2D eigenvalue weighted by atomic mass is 10.1. The molecule has 0 radical (unpaired) electrons. The van der Waals surface area contributed by atoms with Crippen LogP contribution in [0.1, 0.15) is 36.0 Å². The number of alkyl halides is 3. The molecular weight excluding hydrogens is 550 g/mol. The largest absolute Gasteiger partial charge is 0.492 e. The van der Waals surface area contributed by atoms with E-state index in [0.717, 1.165) is 42.1 Å². The summed E-state index contributed by atoms with van der Waals surface area (Å²) in [5.41, 5.74) is -0.461. The zero-order valence-electron chi connectivity index (χ0n) is 19.8. The zero-order valence-corrected chi connectivity index (χ0v) is 21.4. The molecule has 16 heteroatoms. The number of hydrogen-bond donors (Lipinski definition) is 3. The predicted molar refractivity (Wildman–Crippen MR) is 124 cm³/mol. The number of carbonyl (C=O) groups is 2. The van der Waals surface area contributed by atoms with Crippen LogP contribution in [0.25, 0.3) is 0 Å². The van der Waals surface area contributed by atoms with Crippen molar-refractivity contribution in [2.75, 3.05) is 39.9 Å². The maximum Gasteiger partial charge on any atom is 0.490 e. The Hall–Kier alpha value is -2.20. The van der Waals surface area contributed by atoms with Gasteiger partial charge >= 0.3 is 22.4 Å². The molecular formula is C21H28ClF4N3O7S. The van der Waals surface area contributed by atoms with Crippen LogP contribution >= 0.6 is 11.6 Å². The lowest BCUT2D eigenvalue weighted by Gasteiger charge is -2.31. The molecule has 210 valence electrons. The van der Waals surface area contributed by atoms with Crippen molar-refractivity contribution in [2.24, 2.45) is 5.92 Å². The zero-order chi connectivity index (χ0) is 27.8. The summed E-state index contributed by atoms with van der Waals surface area (Å²) in [7, 11) is -2.43. The van der Waals surface area contributed by atoms with Gasteiger partial charge in [-0.3, -0.25) is 4.79 Å². The van der Waals surface area contributed by atoms with Crippen LogP contribution < -0.4 is 14.8 Å². The summed E-state index contributed by atoms with van der Waals surface area (Å²) in [5, 5.41) is 10.1. The third-order valence-electron chi connectivity index (χ3n) is 5.55. The van der Waals surface area contributed by atoms with Gasteiger partial charge in [0.1, 0.15) is 11.6 Å². The van der Waals surface area contributed by atoms with Crippen molar-refractivity contribution in [1.82, 2.24) is 14.3 Å². The second kappa shape index (κ2) is 13.6. The Balaban J connectivity index is 0.000000604. The number of carboxylic acid groups (broad SMARTS) is 1. The number of nitrogens with one attached hydrogen (secondary N) is 2. The van der Waals surface area contributed by atoms with Crippen molar-refractivity contribution in [2.45, 2.75) is 38.0 Å². The van der Waals surface area contributed by atoms with Gasteiger partial charge in [-0.15, -0.1) is 0 Å². The van der Waals surface area contributed by atoms with Gasteiger partial charge in [0.15, 0.2) is 0 Å². The fourth-order valence-electron chi connectivity index (χ4n) is 3.70. The van der Waals surface area contributed by atoms with E-state index in [1.54, 1.807) is 7.05 Å². The highest BCUT2D eigenvalue weighted by Crippen LogP contribution is 2.31. The van der Waals surface area contributed by atoms with Gasteiger partial charge in [-0.25, -0.2) is 13.9 Å². The van der Waals surface area contributed by atoms with Gasteiger partial charge in [-0.1, -0.05) is 24.4 Å². The van der Waals surface area contributed by atoms with Gasteiger partial charge in [-0.05, 0) is 31.9 Å². The summed E-state index contributed by atoms with van der Waals surface area (Å²) >= 11 is 6.15. The average molecular weight is 578 g/mol. The molecule has 1 atom stereocenters. The molecule has 2 fully saturated rings. The molecule has 0 unspecified atom stereocenters. The highest BCUT2D eigenvalue weighted by molar-refractivity contribution is 7.87. The molecule has 3 N–H and O–H groups in total. The molecule has 1 aromatic carbocycles. The average Bonchev–Trinajstić information content (AvgIpc) is 3.33. The lowest BCUT2D eigenvalue weighted by molar-refractivity contribution is -0.192. The van der Waals surface area contributed by atoms with Gasteiger partial charge in [0, 0.05) is 25.7 Å². The van der Waals surface area contributed by atoms with E-state index in [4.69, 9.17) is 31.0 Å². The van der Waals surface area contributed by atoms with Crippen LogP contribution in [0.4, 0.5) is 17.6 Å². The van der Waals surface area contributed by atoms with Crippen LogP contribution in [0.5, 0.6) is 5.75 Å². The second-order valence-corrected chi connectivity index (χ2v) is 10.4. The Morgan fingerprint density at radius 1 is 1.27 bits per heavy atom. The van der Waals surface area contributed by atoms with Crippen molar-refractivity contribution in [3.63, 3.8) is 0 Å². The number of ether oxygens (including phenoxy) is 2. The van der Waals surface area contributed by atoms with Crippen LogP contribution in [0.2, 0.25) is 5.02 Å². The molecule has 0 spiro atoms. The second-order valence-electron chi connectivity index (χ2n) is 8.37. The maximum absolute atomic E-state index is 14.5. The Morgan fingerprint density at radius 2 is 1.89 bits per heavy atom. The number of benzene rings is 1. The first-order valence-electron chi connectivity index (χ1n) is 11.2. The van der Waals surface area contributed by atoms with Gasteiger partial charge in [0.05, 0.1) is 29.9 Å². The summed E-state index contributed by atoms with van der Waals surface area (Å²) < 4.78 is 85.5. The molecule has 0 aromatic heterocycles. The van der Waals surface area contributed by atoms with Gasteiger partial charge in [-0.2, -0.15) is 25.9 Å². The number of nitrogens with zero attached hydrogens (tertiary/aromatic N) is 1. The van der Waals surface area contributed by atoms with E-state index >= 15 is 0 Å². The minimum Gasteiger partial charge on any atom is -0.492 e. The smallest absolute Gasteiger partial charge is 0.490 e. The number of morpholine rings is 1. The minimum absolute atomic E-state index is 0.0531. The Bertz CT molecular complexity index is 1050. The summed E-state index contributed by atoms with van der Waals surface area (Å²) in [6.07, 6.45) is -0.979. The van der Waals surface area contributed by atoms with Gasteiger partial charge < -0.3 is 19.9 Å². The monoisotopic (exact) mass is 577 g/mol. The third-order valence-corrected chi connectivity index (χ3v) is 7.30. The molecule has 1 aliphatic carbocycles. The van der Waals surface area contributed by atoms with Crippen molar-refractivity contribution in [3.8, 4) is 5.75 Å². The first-order chi connectivity index (χ1) is 17.2. The van der Waals surface area contributed by atoms with Crippen LogP contribution in [-0.2, 0) is 19.7 Å². The normalized spacial score (nSPS) is 19.1. The molecule has 37 heavy (non-hydrogen) atoms. The quantitative estimate of drug-likeness (QED) is 0.402. The van der Waals surface area contributed by atoms with Crippen LogP contribution in [0.3, 0.4) is 0 Å². The van der Waals surface area contributed by atoms with E-state index in [-0.39, 0.29) is 36.6 Å². The van der Waals surface area contributed by atoms with Crippen molar-refractivity contribution >= 4 is 33.7 Å². The molecule has 1 aliphatic heterocycles. The van der Waals surface area contributed by atoms with E-state index in [1.807, 2.05) is 4.72 Å². The fourth-order valence-corrected chi connectivity index (χ4v) is 5.07. The number of halogens is 5. The summed E-state index contributed by atoms with van der Waals surface area (Å²) in [6, 6.07) is 2.12. The molecule has 10 nitrogen and oxygen atoms in total. The molecule has 2 aliphatic rings. The van der Waals surface area contributed by atoms with Crippen LogP contribution in [-0.4, -0.2) is 81.9 Å². The number of carboxylic acids is 1. The standard InChI is InChI=1S/C19H27ClFN3O5S.C2HF3O2/c1-22-10-14-11-24(6-7-28-14)30(26,27)23-19(25)15-8-16(20)18(9-17(15)21)29-12-13-4-2-3-5-13;3-2(4,5)1(6)7/h8-9,13-14,22H,2-7,10-12H2,1H3,(H,23,25);(H,6,7)/t14-;/m1./s1. The van der Waals surface area contributed by atoms with Crippen molar-refractivity contribution in [1.29, 1.82) is 0 Å². The van der Waals surface area contributed by atoms with E-state index in [2.05, 4.69) is 5.32 Å². The lowest BCUT2D eigenvalue weighted by Crippen LogP contribution is -2.53. The first kappa shape index (κ1) is 31.0. The third kappa shape index (κ3) is 9.56. The number of rotatable bonds is 8. The first-order valence-corrected chi connectivity index (χ1v) is 13.1. The SMILES string of the molecule is CNC[C@@H]1CN(S(=O)(=O)NC(=O)c2cc(Cl)c(OCC3CCCC3)cc2F)CCO1.O=C(O)C(F)(F)F. The maximum atomic E-state index is 14.5. The van der Waals surface area contributed by atoms with Gasteiger partial charge in [0.25, 0.3) is 5.91 Å². The summed E-state index contributed by atoms with van der Waals surface area (Å²) in [5.74, 6) is -4.19. The molecule has 1 heterocycles. The van der Waals surface area contributed by atoms with E-state index in [1.165, 1.54) is 0 Å². The molecule has 1 aromatic rings. The minimum atomic E-state index is -5.08. The van der Waals surface area contributed by atoms with Crippen LogP contribution in [0, 0.1) is 11.7 Å². The van der Waals surface area contributed by atoms with Crippen molar-refractivity contribution in [3.05, 3.63) is 28.5 Å². The Kier molecular flexibility index (Phi) is 11.4. The number of likely N-dealkylation sites (N-methyl/N-ethyl adjacent to an activating group) is 1. The topological polar surface area (TPSA) is 134 Å². The number of amides is 1. The highest BCUT2D eigenvalue weighted by Gasteiger charge is 2.38. The molecule has 1 saturated heterocycles.